The van der Waals surface area contributed by atoms with Gasteiger partial charge in [0.2, 0.25) is 5.95 Å². The average Bonchev–Trinajstić information content (AvgIpc) is 3.69. The molecule has 4 aromatic heterocycles. The Morgan fingerprint density at radius 2 is 1.81 bits per heavy atom. The third-order valence-electron chi connectivity index (χ3n) is 7.44. The van der Waals surface area contributed by atoms with Crippen LogP contribution in [0.5, 0.6) is 0 Å². The molecule has 0 saturated carbocycles. The minimum Gasteiger partial charge on any atom is -0.386 e. The van der Waals surface area contributed by atoms with Crippen LogP contribution in [-0.2, 0) is 32.6 Å². The molecule has 9 atom stereocenters. The highest BCUT2D eigenvalue weighted by Gasteiger charge is 2.58. The maximum Gasteiger partial charge on any atom is 0.472 e. The first-order valence-corrected chi connectivity index (χ1v) is 14.2. The molecule has 22 heteroatoms. The van der Waals surface area contributed by atoms with E-state index in [1.54, 1.807) is 0 Å². The Hall–Kier alpha value is -3.63. The normalized spacial score (nSPS) is 36.9. The number of nitrogens with zero attached hydrogens (tertiary/aromatic N) is 7. The number of imidazole rings is 2. The van der Waals surface area contributed by atoms with E-state index in [2.05, 4.69) is 29.9 Å². The summed E-state index contributed by atoms with van der Waals surface area (Å²) in [5.74, 6) is -2.02. The average molecular weight is 624 g/mol. The van der Waals surface area contributed by atoms with E-state index in [0.717, 1.165) is 6.33 Å². The zero-order chi connectivity index (χ0) is 30.3. The number of rotatable bonds is 2. The molecule has 0 amide bonds. The van der Waals surface area contributed by atoms with E-state index in [4.69, 9.17) is 39.5 Å². The van der Waals surface area contributed by atoms with Crippen LogP contribution in [0.2, 0.25) is 0 Å². The lowest BCUT2D eigenvalue weighted by molar-refractivity contribution is -0.295. The molecular weight excluding hydrogens is 599 g/mol. The van der Waals surface area contributed by atoms with Crippen LogP contribution in [0.4, 0.5) is 11.8 Å². The smallest absolute Gasteiger partial charge is 0.386 e. The van der Waals surface area contributed by atoms with Crippen molar-refractivity contribution in [2.75, 3.05) is 24.9 Å². The van der Waals surface area contributed by atoms with E-state index >= 15 is 0 Å². The third kappa shape index (κ3) is 4.57. The first-order valence-electron chi connectivity index (χ1n) is 12.7. The van der Waals surface area contributed by atoms with E-state index in [1.807, 2.05) is 0 Å². The molecule has 7 heterocycles. The number of nitrogen functional groups attached to an aromatic ring is 2. The van der Waals surface area contributed by atoms with Gasteiger partial charge in [-0.1, -0.05) is 0 Å². The van der Waals surface area contributed by atoms with Crippen molar-refractivity contribution in [3.8, 4) is 0 Å². The van der Waals surface area contributed by atoms with Gasteiger partial charge in [0.1, 0.15) is 42.4 Å². The number of hydrogen-bond donors (Lipinski definition) is 6. The Bertz CT molecular complexity index is 1820. The number of anilines is 2. The number of nitrogens with two attached hydrogens (primary N) is 2. The van der Waals surface area contributed by atoms with Gasteiger partial charge in [0.05, 0.1) is 19.3 Å². The van der Waals surface area contributed by atoms with Crippen LogP contribution in [0.3, 0.4) is 0 Å². The number of fused-ring (bicyclic) bond motifs is 5. The van der Waals surface area contributed by atoms with E-state index in [9.17, 15) is 24.5 Å². The van der Waals surface area contributed by atoms with Crippen LogP contribution in [0, 0.1) is 0 Å². The van der Waals surface area contributed by atoms with Crippen LogP contribution in [0.15, 0.2) is 23.8 Å². The molecular formula is C21H25N10O11P. The van der Waals surface area contributed by atoms with Crippen LogP contribution < -0.4 is 17.0 Å². The number of aliphatic hydroxyl groups excluding tert-OH is 2. The lowest BCUT2D eigenvalue weighted by Crippen LogP contribution is -2.45. The number of phosphoric acid groups is 1. The van der Waals surface area contributed by atoms with Crippen LogP contribution in [0.25, 0.3) is 22.3 Å². The van der Waals surface area contributed by atoms with Crippen molar-refractivity contribution < 1.29 is 47.7 Å². The van der Waals surface area contributed by atoms with Crippen molar-refractivity contribution in [2.45, 2.75) is 55.7 Å². The van der Waals surface area contributed by atoms with Crippen molar-refractivity contribution in [1.82, 2.24) is 39.0 Å². The molecule has 21 nitrogen and oxygen atoms in total. The quantitative estimate of drug-likeness (QED) is 0.130. The molecule has 43 heavy (non-hydrogen) atoms. The fraction of sp³-hybridized carbons (Fsp3) is 0.524. The van der Waals surface area contributed by atoms with Gasteiger partial charge in [-0.25, -0.2) is 24.5 Å². The summed E-state index contributed by atoms with van der Waals surface area (Å²) in [6, 6.07) is 0. The summed E-state index contributed by atoms with van der Waals surface area (Å²) in [5.41, 5.74) is 11.3. The van der Waals surface area contributed by atoms with Gasteiger partial charge in [0.25, 0.3) is 5.56 Å². The molecule has 3 aliphatic rings. The minimum absolute atomic E-state index is 0.0540. The number of phosphoric ester groups is 1. The molecule has 8 unspecified atom stereocenters. The van der Waals surface area contributed by atoms with E-state index < -0.39 is 75.5 Å². The van der Waals surface area contributed by atoms with Crippen LogP contribution in [0.1, 0.15) is 19.4 Å². The van der Waals surface area contributed by atoms with Gasteiger partial charge in [-0.3, -0.25) is 28.0 Å². The standard InChI is InChI=1S/C21H25N10O11P/c1-21-13(33)12(19(41-21)31-5-27-9-16(31)28-20(23)29-17(9)34)42-43(35,36)39-2-7-11(37-6-38-21)10(32)18(40-7)30-4-26-8-14(22)24-3-25-15(8)30/h3-5,7,10-13,18-19,32-33H,2,6H2,1H3,(H,35,36)(H2,22,24,25)(H3,23,28,29,34)/t7?,10?,11?,12?,13?,18?,19?,21-/m0/s1. The molecule has 8 N–H and O–H groups in total. The van der Waals surface area contributed by atoms with E-state index in [0.29, 0.717) is 0 Å². The van der Waals surface area contributed by atoms with Crippen molar-refractivity contribution in [2.24, 2.45) is 0 Å². The number of aromatic amines is 1. The number of nitrogens with one attached hydrogen (secondary N) is 1. The monoisotopic (exact) mass is 624 g/mol. The third-order valence-corrected chi connectivity index (χ3v) is 8.43. The Balaban J connectivity index is 1.19. The first-order chi connectivity index (χ1) is 20.5. The molecule has 0 radical (unpaired) electrons. The second-order valence-corrected chi connectivity index (χ2v) is 11.5. The zero-order valence-corrected chi connectivity index (χ0v) is 22.9. The SMILES string of the molecule is C[C@]12OCOC3C(COP(=O)(O)OC(C(n4cnc5c(=O)[nH]c(N)nc54)O1)C2O)OC(n1cnc2c(N)ncnc21)C3O. The Morgan fingerprint density at radius 1 is 1.07 bits per heavy atom. The van der Waals surface area contributed by atoms with Gasteiger partial charge < -0.3 is 45.5 Å². The summed E-state index contributed by atoms with van der Waals surface area (Å²) in [5, 5.41) is 22.4. The number of aromatic nitrogens is 8. The summed E-state index contributed by atoms with van der Waals surface area (Å²) < 4.78 is 49.9. The Morgan fingerprint density at radius 3 is 2.60 bits per heavy atom. The van der Waals surface area contributed by atoms with Gasteiger partial charge in [-0.2, -0.15) is 4.98 Å². The maximum atomic E-state index is 13.2. The first kappa shape index (κ1) is 28.2. The topological polar surface area (TPSA) is 292 Å². The molecule has 3 saturated heterocycles. The van der Waals surface area contributed by atoms with Gasteiger partial charge >= 0.3 is 7.82 Å². The van der Waals surface area contributed by atoms with Crippen LogP contribution in [-0.4, -0.2) is 104 Å². The van der Waals surface area contributed by atoms with Crippen molar-refractivity contribution >= 4 is 41.9 Å². The summed E-state index contributed by atoms with van der Waals surface area (Å²) >= 11 is 0. The molecule has 4 aromatic rings. The molecule has 0 aliphatic carbocycles. The van der Waals surface area contributed by atoms with Gasteiger partial charge in [-0.05, 0) is 6.92 Å². The summed E-state index contributed by atoms with van der Waals surface area (Å²) in [4.78, 5) is 45.6. The van der Waals surface area contributed by atoms with Crippen molar-refractivity contribution in [1.29, 1.82) is 0 Å². The molecule has 0 spiro atoms. The number of hydrogen-bond acceptors (Lipinski definition) is 17. The predicted molar refractivity (Wildman–Crippen MR) is 138 cm³/mol. The lowest BCUT2D eigenvalue weighted by Gasteiger charge is -2.30. The van der Waals surface area contributed by atoms with Crippen molar-refractivity contribution in [3.05, 3.63) is 29.3 Å². The predicted octanol–water partition coefficient (Wildman–Crippen LogP) is -2.14. The zero-order valence-electron chi connectivity index (χ0n) is 22.0. The van der Waals surface area contributed by atoms with Gasteiger partial charge in [0, 0.05) is 0 Å². The molecule has 230 valence electrons. The number of ether oxygens (including phenoxy) is 4. The highest BCUT2D eigenvalue weighted by Crippen LogP contribution is 2.52. The molecule has 2 bridgehead atoms. The Kier molecular flexibility index (Phi) is 6.52. The lowest BCUT2D eigenvalue weighted by atomic mass is 10.1. The van der Waals surface area contributed by atoms with Gasteiger partial charge in [0.15, 0.2) is 47.7 Å². The van der Waals surface area contributed by atoms with Crippen molar-refractivity contribution in [3.63, 3.8) is 0 Å². The fourth-order valence-electron chi connectivity index (χ4n) is 5.33. The van der Waals surface area contributed by atoms with E-state index in [-0.39, 0.29) is 34.1 Å². The van der Waals surface area contributed by atoms with Gasteiger partial charge in [-0.15, -0.1) is 0 Å². The summed E-state index contributed by atoms with van der Waals surface area (Å²) in [6.07, 6.45) is -5.81. The molecule has 7 rings (SSSR count). The number of aliphatic hydroxyl groups is 2. The second kappa shape index (κ2) is 9.95. The number of H-pyrrole nitrogens is 1. The van der Waals surface area contributed by atoms with Crippen LogP contribution >= 0.6 is 7.82 Å². The Labute approximate surface area is 238 Å². The summed E-state index contributed by atoms with van der Waals surface area (Å²) in [6.45, 7) is 0.194. The maximum absolute atomic E-state index is 13.2. The molecule has 3 fully saturated rings. The minimum atomic E-state index is -4.98. The highest BCUT2D eigenvalue weighted by atomic mass is 31.2. The summed E-state index contributed by atoms with van der Waals surface area (Å²) in [7, 11) is -4.98. The fourth-order valence-corrected chi connectivity index (χ4v) is 6.25. The molecule has 0 aromatic carbocycles. The van der Waals surface area contributed by atoms with E-state index in [1.165, 1.54) is 28.7 Å². The highest BCUT2D eigenvalue weighted by molar-refractivity contribution is 7.47. The largest absolute Gasteiger partial charge is 0.472 e. The molecule has 3 aliphatic heterocycles. The second-order valence-electron chi connectivity index (χ2n) is 10.1.